The van der Waals surface area contributed by atoms with Gasteiger partial charge < -0.3 is 11.1 Å². The Kier molecular flexibility index (Phi) is 1.86. The van der Waals surface area contributed by atoms with Gasteiger partial charge in [0.15, 0.2) is 0 Å². The molecule has 1 fully saturated rings. The predicted molar refractivity (Wildman–Crippen MR) is 34.6 cm³/mol. The van der Waals surface area contributed by atoms with E-state index >= 15 is 0 Å². The first kappa shape index (κ1) is 6.05. The summed E-state index contributed by atoms with van der Waals surface area (Å²) < 4.78 is 0. The topological polar surface area (TPSA) is 38.0 Å². The third-order valence-electron chi connectivity index (χ3n) is 1.84. The van der Waals surface area contributed by atoms with Crippen molar-refractivity contribution in [3.05, 3.63) is 0 Å². The Morgan fingerprint density at radius 1 is 1.62 bits per heavy atom. The van der Waals surface area contributed by atoms with Gasteiger partial charge in [0.25, 0.3) is 0 Å². The molecule has 1 rings (SSSR count). The average molecular weight is 114 g/mol. The fourth-order valence-electron chi connectivity index (χ4n) is 1.11. The molecule has 0 heterocycles. The molecule has 48 valence electrons. The molecule has 0 aromatic heterocycles. The molecule has 0 radical (unpaired) electrons. The Hall–Kier alpha value is -0.0800. The van der Waals surface area contributed by atoms with Crippen LogP contribution in [0.4, 0.5) is 0 Å². The minimum absolute atomic E-state index is 0.836. The Labute approximate surface area is 50.4 Å². The molecule has 2 atom stereocenters. The summed E-state index contributed by atoms with van der Waals surface area (Å²) in [5, 5.41) is 3.14. The van der Waals surface area contributed by atoms with E-state index in [-0.39, 0.29) is 0 Å². The van der Waals surface area contributed by atoms with Crippen LogP contribution in [0.2, 0.25) is 0 Å². The van der Waals surface area contributed by atoms with Crippen molar-refractivity contribution in [2.45, 2.75) is 6.42 Å². The molecule has 2 heteroatoms. The zero-order valence-corrected chi connectivity index (χ0v) is 5.35. The third-order valence-corrected chi connectivity index (χ3v) is 1.84. The number of rotatable bonds is 3. The lowest BCUT2D eigenvalue weighted by molar-refractivity contribution is 0.651. The highest BCUT2D eigenvalue weighted by Gasteiger charge is 2.34. The van der Waals surface area contributed by atoms with Crippen LogP contribution in [0.3, 0.4) is 0 Å². The lowest BCUT2D eigenvalue weighted by Gasteiger charge is -1.92. The number of hydrogen-bond donors (Lipinski definition) is 2. The Bertz CT molecular complexity index is 72.9. The average Bonchev–Trinajstić information content (AvgIpc) is 2.48. The zero-order chi connectivity index (χ0) is 5.98. The maximum absolute atomic E-state index is 5.43. The molecule has 0 amide bonds. The molecular weight excluding hydrogens is 100 g/mol. The highest BCUT2D eigenvalue weighted by molar-refractivity contribution is 4.87. The molecule has 0 aromatic carbocycles. The summed E-state index contributed by atoms with van der Waals surface area (Å²) in [6, 6.07) is 0. The summed E-state index contributed by atoms with van der Waals surface area (Å²) in [7, 11) is 1.99. The monoisotopic (exact) mass is 114 g/mol. The van der Waals surface area contributed by atoms with Gasteiger partial charge in [0.05, 0.1) is 0 Å². The molecule has 8 heavy (non-hydrogen) atoms. The van der Waals surface area contributed by atoms with E-state index in [9.17, 15) is 0 Å². The number of nitrogens with one attached hydrogen (secondary N) is 1. The molecule has 0 bridgehead atoms. The van der Waals surface area contributed by atoms with Crippen LogP contribution in [-0.4, -0.2) is 20.1 Å². The van der Waals surface area contributed by atoms with E-state index in [0.29, 0.717) is 0 Å². The van der Waals surface area contributed by atoms with Crippen molar-refractivity contribution in [2.75, 3.05) is 20.1 Å². The second kappa shape index (κ2) is 2.46. The van der Waals surface area contributed by atoms with Gasteiger partial charge in [-0.2, -0.15) is 0 Å². The molecule has 2 nitrogen and oxygen atoms in total. The molecule has 1 saturated carbocycles. The van der Waals surface area contributed by atoms with E-state index in [1.54, 1.807) is 0 Å². The van der Waals surface area contributed by atoms with Gasteiger partial charge in [0.2, 0.25) is 0 Å². The van der Waals surface area contributed by atoms with Gasteiger partial charge >= 0.3 is 0 Å². The van der Waals surface area contributed by atoms with E-state index in [2.05, 4.69) is 5.32 Å². The summed E-state index contributed by atoms with van der Waals surface area (Å²) in [4.78, 5) is 0. The van der Waals surface area contributed by atoms with Crippen molar-refractivity contribution in [2.24, 2.45) is 17.6 Å². The minimum Gasteiger partial charge on any atom is -0.330 e. The van der Waals surface area contributed by atoms with E-state index in [1.165, 1.54) is 6.42 Å². The van der Waals surface area contributed by atoms with E-state index in [1.807, 2.05) is 7.05 Å². The van der Waals surface area contributed by atoms with Crippen molar-refractivity contribution < 1.29 is 0 Å². The first-order valence-electron chi connectivity index (χ1n) is 3.23. The van der Waals surface area contributed by atoms with Crippen LogP contribution in [0.5, 0.6) is 0 Å². The molecule has 0 aliphatic heterocycles. The lowest BCUT2D eigenvalue weighted by atomic mass is 10.3. The van der Waals surface area contributed by atoms with Crippen molar-refractivity contribution in [1.29, 1.82) is 0 Å². The molecule has 1 aliphatic rings. The number of nitrogens with two attached hydrogens (primary N) is 1. The highest BCUT2D eigenvalue weighted by Crippen LogP contribution is 2.36. The molecule has 0 unspecified atom stereocenters. The van der Waals surface area contributed by atoms with E-state index < -0.39 is 0 Å². The van der Waals surface area contributed by atoms with Crippen LogP contribution in [0, 0.1) is 11.8 Å². The van der Waals surface area contributed by atoms with Crippen molar-refractivity contribution >= 4 is 0 Å². The second-order valence-electron chi connectivity index (χ2n) is 2.55. The van der Waals surface area contributed by atoms with Crippen LogP contribution in [-0.2, 0) is 0 Å². The normalized spacial score (nSPS) is 35.2. The van der Waals surface area contributed by atoms with Crippen LogP contribution in [0.1, 0.15) is 6.42 Å². The Balaban J connectivity index is 1.99. The number of hydrogen-bond acceptors (Lipinski definition) is 2. The van der Waals surface area contributed by atoms with Gasteiger partial charge in [0.1, 0.15) is 0 Å². The Morgan fingerprint density at radius 2 is 2.38 bits per heavy atom. The summed E-state index contributed by atoms with van der Waals surface area (Å²) in [5.74, 6) is 1.73. The maximum Gasteiger partial charge on any atom is -0.00203 e. The van der Waals surface area contributed by atoms with Gasteiger partial charge in [-0.05, 0) is 38.4 Å². The summed E-state index contributed by atoms with van der Waals surface area (Å²) in [6.07, 6.45) is 1.34. The minimum atomic E-state index is 0.836. The zero-order valence-electron chi connectivity index (χ0n) is 5.35. The van der Waals surface area contributed by atoms with Gasteiger partial charge in [-0.1, -0.05) is 0 Å². The fraction of sp³-hybridized carbons (Fsp3) is 1.00. The summed E-state index contributed by atoms with van der Waals surface area (Å²) in [5.41, 5.74) is 5.43. The predicted octanol–water partition coefficient (Wildman–Crippen LogP) is -0.199. The lowest BCUT2D eigenvalue weighted by Crippen LogP contribution is -2.12. The molecule has 1 aliphatic carbocycles. The fourth-order valence-corrected chi connectivity index (χ4v) is 1.11. The molecule has 3 N–H and O–H groups in total. The summed E-state index contributed by atoms with van der Waals surface area (Å²) >= 11 is 0. The van der Waals surface area contributed by atoms with E-state index in [0.717, 1.165) is 24.9 Å². The van der Waals surface area contributed by atoms with Crippen LogP contribution in [0.15, 0.2) is 0 Å². The quantitative estimate of drug-likeness (QED) is 0.533. The van der Waals surface area contributed by atoms with Crippen LogP contribution in [0.25, 0.3) is 0 Å². The third kappa shape index (κ3) is 1.20. The Morgan fingerprint density at radius 3 is 2.75 bits per heavy atom. The standard InChI is InChI=1S/C6H14N2/c1-8-4-6-2-5(6)3-7/h5-6,8H,2-4,7H2,1H3/t5-,6+/m1/s1. The van der Waals surface area contributed by atoms with E-state index in [4.69, 9.17) is 5.73 Å². The first-order chi connectivity index (χ1) is 3.88. The smallest absolute Gasteiger partial charge is 0.00203 e. The molecule has 0 saturated heterocycles. The van der Waals surface area contributed by atoms with Crippen molar-refractivity contribution in [1.82, 2.24) is 5.32 Å². The largest absolute Gasteiger partial charge is 0.330 e. The molecule has 0 spiro atoms. The van der Waals surface area contributed by atoms with Gasteiger partial charge in [-0.25, -0.2) is 0 Å². The van der Waals surface area contributed by atoms with Crippen molar-refractivity contribution in [3.63, 3.8) is 0 Å². The van der Waals surface area contributed by atoms with Gasteiger partial charge in [0, 0.05) is 0 Å². The SMILES string of the molecule is CNC[C@@H]1C[C@@H]1CN. The second-order valence-corrected chi connectivity index (χ2v) is 2.55. The summed E-state index contributed by atoms with van der Waals surface area (Å²) in [6.45, 7) is 2.04. The maximum atomic E-state index is 5.43. The van der Waals surface area contributed by atoms with Gasteiger partial charge in [-0.3, -0.25) is 0 Å². The van der Waals surface area contributed by atoms with Crippen LogP contribution >= 0.6 is 0 Å². The molecular formula is C6H14N2. The van der Waals surface area contributed by atoms with Gasteiger partial charge in [-0.15, -0.1) is 0 Å². The van der Waals surface area contributed by atoms with Crippen molar-refractivity contribution in [3.8, 4) is 0 Å². The molecule has 0 aromatic rings. The first-order valence-corrected chi connectivity index (χ1v) is 3.23. The van der Waals surface area contributed by atoms with Crippen LogP contribution < -0.4 is 11.1 Å². The highest BCUT2D eigenvalue weighted by atomic mass is 14.8.